The fraction of sp³-hybridized carbons (Fsp3) is 0.800. The Morgan fingerprint density at radius 1 is 1.11 bits per heavy atom. The summed E-state index contributed by atoms with van der Waals surface area (Å²) in [5, 5.41) is 10.1. The monoisotopic (exact) mass is 247 g/mol. The lowest BCUT2D eigenvalue weighted by atomic mass is 9.79. The topological polar surface area (TPSA) is 40.5 Å². The number of rotatable bonds is 1. The van der Waals surface area contributed by atoms with E-state index in [1.54, 1.807) is 0 Å². The molecule has 0 aromatic carbocycles. The molecule has 18 heavy (non-hydrogen) atoms. The Hall–Kier alpha value is -0.990. The highest BCUT2D eigenvalue weighted by atomic mass is 16.3. The summed E-state index contributed by atoms with van der Waals surface area (Å²) in [6, 6.07) is 0.776. The predicted octanol–water partition coefficient (Wildman–Crippen LogP) is 2.63. The Morgan fingerprint density at radius 3 is 2.61 bits per heavy atom. The number of hydrogen-bond donors (Lipinski definition) is 1. The minimum absolute atomic E-state index is 0.0770. The normalized spacial score (nSPS) is 43.4. The summed E-state index contributed by atoms with van der Waals surface area (Å²) in [5.74, 6) is 2.01. The number of nitrogens with zero attached hydrogens (tertiary/aromatic N) is 1. The molecule has 3 nitrogen and oxygen atoms in total. The van der Waals surface area contributed by atoms with Crippen LogP contribution in [0, 0.1) is 17.8 Å². The van der Waals surface area contributed by atoms with Gasteiger partial charge in [0.1, 0.15) is 5.76 Å². The summed E-state index contributed by atoms with van der Waals surface area (Å²) >= 11 is 0. The smallest absolute Gasteiger partial charge is 0.250 e. The van der Waals surface area contributed by atoms with Gasteiger partial charge < -0.3 is 10.0 Å². The van der Waals surface area contributed by atoms with Crippen LogP contribution in [0.25, 0.3) is 0 Å². The van der Waals surface area contributed by atoms with Crippen LogP contribution in [-0.4, -0.2) is 28.0 Å². The molecule has 4 aliphatic rings. The van der Waals surface area contributed by atoms with Crippen molar-refractivity contribution >= 4 is 5.91 Å². The third-order valence-electron chi connectivity index (χ3n) is 5.78. The molecule has 3 fully saturated rings. The molecule has 1 N–H and O–H groups in total. The summed E-state index contributed by atoms with van der Waals surface area (Å²) in [5.41, 5.74) is 0. The summed E-state index contributed by atoms with van der Waals surface area (Å²) in [7, 11) is 0. The SMILES string of the molecule is O=C1C=C(O)[C@@H]2[C@H]3CC[C@H](C3)[C@@H]2N1C1CCCC1. The molecule has 0 saturated heterocycles. The summed E-state index contributed by atoms with van der Waals surface area (Å²) in [4.78, 5) is 14.5. The average molecular weight is 247 g/mol. The van der Waals surface area contributed by atoms with Crippen LogP contribution in [0.1, 0.15) is 44.9 Å². The van der Waals surface area contributed by atoms with E-state index in [4.69, 9.17) is 0 Å². The van der Waals surface area contributed by atoms with Crippen molar-refractivity contribution in [2.24, 2.45) is 17.8 Å². The van der Waals surface area contributed by atoms with Crippen molar-refractivity contribution < 1.29 is 9.90 Å². The van der Waals surface area contributed by atoms with E-state index in [2.05, 4.69) is 4.90 Å². The van der Waals surface area contributed by atoms with Crippen LogP contribution in [0.2, 0.25) is 0 Å². The summed E-state index contributed by atoms with van der Waals surface area (Å²) < 4.78 is 0. The Labute approximate surface area is 108 Å². The van der Waals surface area contributed by atoms with Crippen LogP contribution < -0.4 is 0 Å². The lowest BCUT2D eigenvalue weighted by Gasteiger charge is -2.45. The zero-order chi connectivity index (χ0) is 12.3. The highest BCUT2D eigenvalue weighted by molar-refractivity contribution is 5.90. The van der Waals surface area contributed by atoms with Crippen LogP contribution in [-0.2, 0) is 4.79 Å². The molecule has 98 valence electrons. The van der Waals surface area contributed by atoms with Crippen molar-refractivity contribution in [1.82, 2.24) is 4.90 Å². The molecular formula is C15H21NO2. The van der Waals surface area contributed by atoms with Crippen LogP contribution >= 0.6 is 0 Å². The Kier molecular flexibility index (Phi) is 2.27. The minimum Gasteiger partial charge on any atom is -0.512 e. The fourth-order valence-electron chi connectivity index (χ4n) is 5.13. The van der Waals surface area contributed by atoms with Gasteiger partial charge in [-0.1, -0.05) is 12.8 Å². The Morgan fingerprint density at radius 2 is 1.83 bits per heavy atom. The van der Waals surface area contributed by atoms with Gasteiger partial charge in [-0.15, -0.1) is 0 Å². The van der Waals surface area contributed by atoms with Crippen molar-refractivity contribution in [2.75, 3.05) is 0 Å². The van der Waals surface area contributed by atoms with Gasteiger partial charge in [0.15, 0.2) is 0 Å². The van der Waals surface area contributed by atoms with Crippen LogP contribution in [0.4, 0.5) is 0 Å². The van der Waals surface area contributed by atoms with Gasteiger partial charge in [-0.3, -0.25) is 4.79 Å². The van der Waals surface area contributed by atoms with E-state index in [0.29, 0.717) is 29.7 Å². The third kappa shape index (κ3) is 1.33. The molecule has 3 aliphatic carbocycles. The highest BCUT2D eigenvalue weighted by Gasteiger charge is 2.55. The average Bonchev–Trinajstić information content (AvgIpc) is 3.04. The number of hydrogen-bond acceptors (Lipinski definition) is 2. The molecule has 3 saturated carbocycles. The number of fused-ring (bicyclic) bond motifs is 5. The van der Waals surface area contributed by atoms with E-state index in [1.165, 1.54) is 51.0 Å². The number of aliphatic hydroxyl groups is 1. The number of carbonyl (C=O) groups is 1. The van der Waals surface area contributed by atoms with E-state index < -0.39 is 0 Å². The molecule has 0 unspecified atom stereocenters. The van der Waals surface area contributed by atoms with Crippen molar-refractivity contribution in [3.8, 4) is 0 Å². The van der Waals surface area contributed by atoms with E-state index in [-0.39, 0.29) is 11.8 Å². The van der Waals surface area contributed by atoms with Crippen molar-refractivity contribution in [1.29, 1.82) is 0 Å². The maximum Gasteiger partial charge on any atom is 0.250 e. The maximum absolute atomic E-state index is 12.3. The first-order valence-electron chi connectivity index (χ1n) is 7.48. The van der Waals surface area contributed by atoms with Crippen LogP contribution in [0.3, 0.4) is 0 Å². The third-order valence-corrected chi connectivity index (χ3v) is 5.78. The first-order valence-corrected chi connectivity index (χ1v) is 7.48. The van der Waals surface area contributed by atoms with Gasteiger partial charge in [-0.25, -0.2) is 0 Å². The molecule has 4 rings (SSSR count). The number of carbonyl (C=O) groups excluding carboxylic acids is 1. The van der Waals surface area contributed by atoms with Crippen LogP contribution in [0.15, 0.2) is 11.8 Å². The standard InChI is InChI=1S/C15H21NO2/c17-12-8-13(18)16(11-3-1-2-4-11)15-10-6-5-9(7-10)14(12)15/h8-11,14-15,17H,1-7H2/t9-,10+,14-,15-/m0/s1. The van der Waals surface area contributed by atoms with Crippen molar-refractivity contribution in [3.05, 3.63) is 11.8 Å². The van der Waals surface area contributed by atoms with Gasteiger partial charge in [0, 0.05) is 24.1 Å². The van der Waals surface area contributed by atoms with E-state index >= 15 is 0 Å². The van der Waals surface area contributed by atoms with Gasteiger partial charge in [0.05, 0.1) is 0 Å². The Bertz CT molecular complexity index is 411. The molecule has 0 spiro atoms. The number of amides is 1. The molecular weight excluding hydrogens is 226 g/mol. The van der Waals surface area contributed by atoms with Crippen LogP contribution in [0.5, 0.6) is 0 Å². The second-order valence-corrected chi connectivity index (χ2v) is 6.60. The van der Waals surface area contributed by atoms with Crippen molar-refractivity contribution in [3.63, 3.8) is 0 Å². The lowest BCUT2D eigenvalue weighted by molar-refractivity contribution is -0.135. The second-order valence-electron chi connectivity index (χ2n) is 6.60. The van der Waals surface area contributed by atoms with Gasteiger partial charge >= 0.3 is 0 Å². The molecule has 1 heterocycles. The lowest BCUT2D eigenvalue weighted by Crippen LogP contribution is -2.54. The predicted molar refractivity (Wildman–Crippen MR) is 67.9 cm³/mol. The zero-order valence-corrected chi connectivity index (χ0v) is 10.7. The molecule has 2 bridgehead atoms. The van der Waals surface area contributed by atoms with E-state index in [0.717, 1.165) is 0 Å². The largest absolute Gasteiger partial charge is 0.512 e. The molecule has 0 aromatic rings. The van der Waals surface area contributed by atoms with E-state index in [9.17, 15) is 9.90 Å². The number of aliphatic hydroxyl groups excluding tert-OH is 1. The summed E-state index contributed by atoms with van der Waals surface area (Å²) in [6.07, 6.45) is 10.1. The minimum atomic E-state index is 0.0770. The summed E-state index contributed by atoms with van der Waals surface area (Å²) in [6.45, 7) is 0. The fourth-order valence-corrected chi connectivity index (χ4v) is 5.13. The van der Waals surface area contributed by atoms with Gasteiger partial charge in [0.25, 0.3) is 0 Å². The molecule has 0 radical (unpaired) electrons. The zero-order valence-electron chi connectivity index (χ0n) is 10.7. The van der Waals surface area contributed by atoms with Crippen molar-refractivity contribution in [2.45, 2.75) is 57.0 Å². The molecule has 3 heteroatoms. The molecule has 1 aliphatic heterocycles. The first kappa shape index (κ1) is 10.9. The maximum atomic E-state index is 12.3. The van der Waals surface area contributed by atoms with E-state index in [1.807, 2.05) is 0 Å². The second kappa shape index (κ2) is 3.75. The highest BCUT2D eigenvalue weighted by Crippen LogP contribution is 2.54. The Balaban J connectivity index is 1.71. The van der Waals surface area contributed by atoms with Gasteiger partial charge in [0.2, 0.25) is 5.91 Å². The molecule has 0 aromatic heterocycles. The first-order chi connectivity index (χ1) is 8.75. The van der Waals surface area contributed by atoms with Gasteiger partial charge in [-0.05, 0) is 43.9 Å². The molecule has 1 amide bonds. The quantitative estimate of drug-likeness (QED) is 0.773. The molecule has 4 atom stereocenters. The van der Waals surface area contributed by atoms with Gasteiger partial charge in [-0.2, -0.15) is 0 Å².